The maximum Gasteiger partial charge on any atom is 0.329 e. The van der Waals surface area contributed by atoms with E-state index in [4.69, 9.17) is 0 Å². The number of nitrogens with one attached hydrogen (secondary N) is 2. The second-order valence-corrected chi connectivity index (χ2v) is 5.14. The number of rotatable bonds is 7. The first-order valence-corrected chi connectivity index (χ1v) is 7.08. The van der Waals surface area contributed by atoms with Gasteiger partial charge in [0.2, 0.25) is 5.91 Å². The van der Waals surface area contributed by atoms with Gasteiger partial charge in [0, 0.05) is 24.4 Å². The zero-order chi connectivity index (χ0) is 14.3. The number of ether oxygens (including phenoxy) is 1. The minimum atomic E-state index is -0.656. The molecule has 0 fully saturated rings. The number of carbonyl (C=O) groups excluding carboxylic acids is 2. The Balaban J connectivity index is 2.59. The molecule has 106 valence electrons. The van der Waals surface area contributed by atoms with E-state index in [1.54, 1.807) is 11.3 Å². The lowest BCUT2D eigenvalue weighted by molar-refractivity contribution is -0.144. The van der Waals surface area contributed by atoms with Crippen LogP contribution in [0.2, 0.25) is 0 Å². The highest BCUT2D eigenvalue weighted by Crippen LogP contribution is 2.21. The van der Waals surface area contributed by atoms with Gasteiger partial charge in [-0.2, -0.15) is 0 Å². The lowest BCUT2D eigenvalue weighted by Gasteiger charge is -2.20. The summed E-state index contributed by atoms with van der Waals surface area (Å²) in [5.74, 6) is -0.690. The monoisotopic (exact) mass is 284 g/mol. The van der Waals surface area contributed by atoms with E-state index in [2.05, 4.69) is 28.4 Å². The summed E-state index contributed by atoms with van der Waals surface area (Å²) in [6, 6.07) is 3.57. The summed E-state index contributed by atoms with van der Waals surface area (Å²) in [4.78, 5) is 23.8. The van der Waals surface area contributed by atoms with Gasteiger partial charge in [0.25, 0.3) is 0 Å². The van der Waals surface area contributed by atoms with Crippen LogP contribution in [0.1, 0.15) is 31.2 Å². The van der Waals surface area contributed by atoms with Crippen LogP contribution in [-0.2, 0) is 14.3 Å². The summed E-state index contributed by atoms with van der Waals surface area (Å²) in [6.45, 7) is 3.80. The quantitative estimate of drug-likeness (QED) is 0.744. The van der Waals surface area contributed by atoms with Gasteiger partial charge in [0.1, 0.15) is 6.04 Å². The minimum Gasteiger partial charge on any atom is -0.467 e. The van der Waals surface area contributed by atoms with Crippen molar-refractivity contribution < 1.29 is 14.3 Å². The van der Waals surface area contributed by atoms with Crippen molar-refractivity contribution in [3.8, 4) is 0 Å². The van der Waals surface area contributed by atoms with Gasteiger partial charge in [-0.3, -0.25) is 4.79 Å². The van der Waals surface area contributed by atoms with Gasteiger partial charge >= 0.3 is 5.97 Å². The maximum atomic E-state index is 11.6. The van der Waals surface area contributed by atoms with E-state index in [0.717, 1.165) is 6.42 Å². The van der Waals surface area contributed by atoms with Crippen LogP contribution in [0, 0.1) is 0 Å². The molecule has 2 unspecified atom stereocenters. The topological polar surface area (TPSA) is 67.4 Å². The second-order valence-electron chi connectivity index (χ2n) is 4.16. The van der Waals surface area contributed by atoms with Crippen LogP contribution in [0.5, 0.6) is 0 Å². The van der Waals surface area contributed by atoms with Gasteiger partial charge in [-0.1, -0.05) is 13.0 Å². The van der Waals surface area contributed by atoms with Crippen molar-refractivity contribution in [1.29, 1.82) is 0 Å². The molecule has 0 bridgehead atoms. The summed E-state index contributed by atoms with van der Waals surface area (Å²) in [7, 11) is 1.31. The second kappa shape index (κ2) is 7.91. The minimum absolute atomic E-state index is 0.181. The highest BCUT2D eigenvalue weighted by molar-refractivity contribution is 7.10. The van der Waals surface area contributed by atoms with Gasteiger partial charge in [-0.05, 0) is 17.9 Å². The fraction of sp³-hybridized carbons (Fsp3) is 0.538. The summed E-state index contributed by atoms with van der Waals surface area (Å²) >= 11 is 1.67. The molecule has 0 spiro atoms. The van der Waals surface area contributed by atoms with Gasteiger partial charge < -0.3 is 15.4 Å². The molecule has 0 aliphatic carbocycles. The molecule has 1 aromatic rings. The predicted octanol–water partition coefficient (Wildman–Crippen LogP) is 1.47. The van der Waals surface area contributed by atoms with Crippen LogP contribution in [0.3, 0.4) is 0 Å². The van der Waals surface area contributed by atoms with Crippen molar-refractivity contribution in [3.05, 3.63) is 22.4 Å². The van der Waals surface area contributed by atoms with Crippen LogP contribution in [-0.4, -0.2) is 31.6 Å². The van der Waals surface area contributed by atoms with E-state index in [1.807, 2.05) is 11.4 Å². The first-order valence-electron chi connectivity index (χ1n) is 6.20. The molecule has 0 aromatic carbocycles. The third kappa shape index (κ3) is 5.00. The summed E-state index contributed by atoms with van der Waals surface area (Å²) in [5.41, 5.74) is 0. The predicted molar refractivity (Wildman–Crippen MR) is 75.0 cm³/mol. The van der Waals surface area contributed by atoms with E-state index in [9.17, 15) is 9.59 Å². The highest BCUT2D eigenvalue weighted by Gasteiger charge is 2.21. The Morgan fingerprint density at radius 2 is 2.21 bits per heavy atom. The molecule has 19 heavy (non-hydrogen) atoms. The Bertz CT molecular complexity index is 406. The zero-order valence-electron chi connectivity index (χ0n) is 11.4. The van der Waals surface area contributed by atoms with Gasteiger partial charge in [0.05, 0.1) is 7.11 Å². The molecule has 0 saturated carbocycles. The maximum absolute atomic E-state index is 11.6. The molecule has 1 heterocycles. The number of amides is 1. The summed E-state index contributed by atoms with van der Waals surface area (Å²) < 4.78 is 4.68. The zero-order valence-corrected chi connectivity index (χ0v) is 12.3. The normalized spacial score (nSPS) is 13.6. The Hall–Kier alpha value is -1.40. The fourth-order valence-electron chi connectivity index (χ4n) is 1.78. The smallest absolute Gasteiger partial charge is 0.329 e. The molecule has 1 rings (SSSR count). The molecule has 6 heteroatoms. The Morgan fingerprint density at radius 1 is 1.47 bits per heavy atom. The average Bonchev–Trinajstić information content (AvgIpc) is 2.90. The van der Waals surface area contributed by atoms with Crippen LogP contribution in [0.15, 0.2) is 17.5 Å². The fourth-order valence-corrected chi connectivity index (χ4v) is 2.66. The average molecular weight is 284 g/mol. The summed E-state index contributed by atoms with van der Waals surface area (Å²) in [5, 5.41) is 7.89. The van der Waals surface area contributed by atoms with E-state index < -0.39 is 12.0 Å². The molecule has 1 aromatic heterocycles. The third-order valence-corrected chi connectivity index (χ3v) is 3.71. The number of methoxy groups -OCH3 is 1. The molecule has 0 aliphatic heterocycles. The van der Waals surface area contributed by atoms with Crippen molar-refractivity contribution in [2.75, 3.05) is 13.7 Å². The lowest BCUT2D eigenvalue weighted by Crippen LogP contribution is -2.47. The standard InChI is InChI=1S/C13H20N2O3S/c1-4-10(12-6-5-7-19-12)14-8-11(13(17)18-3)15-9(2)16/h5-7,10-11,14H,4,8H2,1-3H3,(H,15,16). The first kappa shape index (κ1) is 15.7. The van der Waals surface area contributed by atoms with Gasteiger partial charge in [-0.25, -0.2) is 4.79 Å². The SMILES string of the molecule is CCC(NCC(NC(C)=O)C(=O)OC)c1cccs1. The van der Waals surface area contributed by atoms with E-state index in [-0.39, 0.29) is 11.9 Å². The van der Waals surface area contributed by atoms with Crippen molar-refractivity contribution in [2.45, 2.75) is 32.4 Å². The molecule has 0 aliphatic rings. The number of hydrogen-bond acceptors (Lipinski definition) is 5. The number of esters is 1. The van der Waals surface area contributed by atoms with Crippen LogP contribution in [0.4, 0.5) is 0 Å². The van der Waals surface area contributed by atoms with E-state index in [0.29, 0.717) is 6.54 Å². The molecule has 0 radical (unpaired) electrons. The van der Waals surface area contributed by atoms with Crippen molar-refractivity contribution in [1.82, 2.24) is 10.6 Å². The largest absolute Gasteiger partial charge is 0.467 e. The third-order valence-electron chi connectivity index (χ3n) is 2.73. The summed E-state index contributed by atoms with van der Waals surface area (Å²) in [6.07, 6.45) is 0.911. The molecule has 2 N–H and O–H groups in total. The highest BCUT2D eigenvalue weighted by atomic mass is 32.1. The van der Waals surface area contributed by atoms with Crippen molar-refractivity contribution in [2.24, 2.45) is 0 Å². The molecule has 5 nitrogen and oxygen atoms in total. The van der Waals surface area contributed by atoms with Gasteiger partial charge in [0.15, 0.2) is 0 Å². The molecular formula is C13H20N2O3S. The molecule has 0 saturated heterocycles. The number of thiophene rings is 1. The first-order chi connectivity index (χ1) is 9.08. The number of hydrogen-bond donors (Lipinski definition) is 2. The Morgan fingerprint density at radius 3 is 2.68 bits per heavy atom. The van der Waals surface area contributed by atoms with Crippen LogP contribution in [0.25, 0.3) is 0 Å². The van der Waals surface area contributed by atoms with Crippen LogP contribution < -0.4 is 10.6 Å². The molecule has 2 atom stereocenters. The van der Waals surface area contributed by atoms with Crippen LogP contribution >= 0.6 is 11.3 Å². The number of carbonyl (C=O) groups is 2. The lowest BCUT2D eigenvalue weighted by atomic mass is 10.1. The van der Waals surface area contributed by atoms with Crippen molar-refractivity contribution >= 4 is 23.2 Å². The van der Waals surface area contributed by atoms with Gasteiger partial charge in [-0.15, -0.1) is 11.3 Å². The van der Waals surface area contributed by atoms with E-state index in [1.165, 1.54) is 18.9 Å². The van der Waals surface area contributed by atoms with E-state index >= 15 is 0 Å². The molecular weight excluding hydrogens is 264 g/mol. The Labute approximate surface area is 117 Å². The Kier molecular flexibility index (Phi) is 6.52. The van der Waals surface area contributed by atoms with Crippen molar-refractivity contribution in [3.63, 3.8) is 0 Å². The molecule has 1 amide bonds.